The second-order valence-corrected chi connectivity index (χ2v) is 6.69. The van der Waals surface area contributed by atoms with E-state index in [0.717, 1.165) is 50.6 Å². The molecule has 6 heteroatoms. The monoisotopic (exact) mass is 297 g/mol. The van der Waals surface area contributed by atoms with E-state index in [1.54, 1.807) is 18.0 Å². The zero-order valence-electron chi connectivity index (χ0n) is 11.9. The van der Waals surface area contributed by atoms with Crippen LogP contribution in [0, 0.1) is 0 Å². The number of hydrogen-bond donors (Lipinski definition) is 2. The molecule has 2 atom stereocenters. The lowest BCUT2D eigenvalue weighted by atomic mass is 9.89. The Bertz CT molecular complexity index is 407. The van der Waals surface area contributed by atoms with Crippen LogP contribution in [0.4, 0.5) is 0 Å². The summed E-state index contributed by atoms with van der Waals surface area (Å²) in [6.45, 7) is 4.72. The third kappa shape index (κ3) is 3.19. The Morgan fingerprint density at radius 1 is 1.50 bits per heavy atom. The molecule has 2 N–H and O–H groups in total. The van der Waals surface area contributed by atoms with E-state index in [4.69, 9.17) is 9.47 Å². The van der Waals surface area contributed by atoms with Crippen molar-refractivity contribution >= 4 is 11.8 Å². The minimum Gasteiger partial charge on any atom is -0.347 e. The van der Waals surface area contributed by atoms with Gasteiger partial charge < -0.3 is 19.8 Å². The number of nitrogens with zero attached hydrogens (tertiary/aromatic N) is 1. The average Bonchev–Trinajstić information content (AvgIpc) is 3.11. The highest BCUT2D eigenvalue weighted by Gasteiger charge is 2.45. The second kappa shape index (κ2) is 6.47. The lowest BCUT2D eigenvalue weighted by molar-refractivity contribution is -0.178. The number of H-pyrrole nitrogens is 1. The van der Waals surface area contributed by atoms with Gasteiger partial charge in [0.2, 0.25) is 0 Å². The van der Waals surface area contributed by atoms with Gasteiger partial charge in [-0.3, -0.25) is 0 Å². The van der Waals surface area contributed by atoms with Crippen LogP contribution in [0.2, 0.25) is 0 Å². The normalized spacial score (nSPS) is 29.1. The number of imidazole rings is 1. The van der Waals surface area contributed by atoms with Crippen molar-refractivity contribution in [3.63, 3.8) is 0 Å². The Balaban J connectivity index is 1.68. The van der Waals surface area contributed by atoms with Gasteiger partial charge in [-0.25, -0.2) is 4.98 Å². The number of aromatic amines is 1. The lowest BCUT2D eigenvalue weighted by Crippen LogP contribution is -2.49. The molecule has 2 aliphatic rings. The van der Waals surface area contributed by atoms with E-state index in [0.29, 0.717) is 11.3 Å². The molecule has 5 nitrogen and oxygen atoms in total. The zero-order valence-corrected chi connectivity index (χ0v) is 12.7. The average molecular weight is 297 g/mol. The molecule has 0 amide bonds. The maximum absolute atomic E-state index is 5.89. The van der Waals surface area contributed by atoms with Gasteiger partial charge in [-0.2, -0.15) is 0 Å². The Labute approximate surface area is 124 Å². The van der Waals surface area contributed by atoms with E-state index >= 15 is 0 Å². The number of rotatable bonds is 5. The van der Waals surface area contributed by atoms with Gasteiger partial charge in [0.05, 0.1) is 13.2 Å². The summed E-state index contributed by atoms with van der Waals surface area (Å²) in [7, 11) is 0. The third-order valence-electron chi connectivity index (χ3n) is 4.00. The predicted molar refractivity (Wildman–Crippen MR) is 78.8 cm³/mol. The first-order valence-electron chi connectivity index (χ1n) is 7.49. The molecule has 20 heavy (non-hydrogen) atoms. The van der Waals surface area contributed by atoms with Gasteiger partial charge in [0, 0.05) is 36.5 Å². The Kier molecular flexibility index (Phi) is 4.65. The summed E-state index contributed by atoms with van der Waals surface area (Å²) >= 11 is 1.80. The highest BCUT2D eigenvalue weighted by atomic mass is 32.2. The first kappa shape index (κ1) is 14.4. The summed E-state index contributed by atoms with van der Waals surface area (Å²) in [5, 5.41) is 5.08. The summed E-state index contributed by atoms with van der Waals surface area (Å²) in [5.41, 5.74) is 0. The Morgan fingerprint density at radius 3 is 3.05 bits per heavy atom. The summed E-state index contributed by atoms with van der Waals surface area (Å²) < 4.78 is 11.8. The van der Waals surface area contributed by atoms with Gasteiger partial charge in [-0.05, 0) is 19.4 Å². The number of nitrogens with one attached hydrogen (secondary N) is 2. The van der Waals surface area contributed by atoms with Gasteiger partial charge >= 0.3 is 0 Å². The van der Waals surface area contributed by atoms with Crippen LogP contribution < -0.4 is 5.32 Å². The van der Waals surface area contributed by atoms with Crippen molar-refractivity contribution in [1.82, 2.24) is 15.3 Å². The molecule has 3 rings (SSSR count). The molecule has 1 aliphatic heterocycles. The molecule has 1 saturated carbocycles. The fourth-order valence-electron chi connectivity index (χ4n) is 3.02. The molecule has 1 aliphatic carbocycles. The van der Waals surface area contributed by atoms with E-state index in [1.165, 1.54) is 0 Å². The number of ether oxygens (including phenoxy) is 2. The maximum atomic E-state index is 5.89. The molecule has 0 bridgehead atoms. The maximum Gasteiger partial charge on any atom is 0.169 e. The van der Waals surface area contributed by atoms with Crippen molar-refractivity contribution in [3.05, 3.63) is 12.4 Å². The van der Waals surface area contributed by atoms with Gasteiger partial charge in [0.15, 0.2) is 10.9 Å². The number of aromatic nitrogens is 2. The van der Waals surface area contributed by atoms with Crippen LogP contribution >= 0.6 is 11.8 Å². The summed E-state index contributed by atoms with van der Waals surface area (Å²) in [6.07, 6.45) is 7.85. The van der Waals surface area contributed by atoms with Crippen LogP contribution in [-0.4, -0.2) is 46.8 Å². The van der Waals surface area contributed by atoms with Gasteiger partial charge in [-0.1, -0.05) is 18.7 Å². The van der Waals surface area contributed by atoms with Crippen molar-refractivity contribution < 1.29 is 9.47 Å². The minimum absolute atomic E-state index is 0.339. The third-order valence-corrected chi connectivity index (χ3v) is 5.25. The number of thioether (sulfide) groups is 1. The van der Waals surface area contributed by atoms with Crippen LogP contribution in [0.15, 0.2) is 17.6 Å². The Hall–Kier alpha value is -0.560. The molecular weight excluding hydrogens is 274 g/mol. The number of hydrogen-bond acceptors (Lipinski definition) is 5. The van der Waals surface area contributed by atoms with Crippen molar-refractivity contribution in [1.29, 1.82) is 0 Å². The molecule has 2 fully saturated rings. The van der Waals surface area contributed by atoms with E-state index in [-0.39, 0.29) is 5.79 Å². The largest absolute Gasteiger partial charge is 0.347 e. The minimum atomic E-state index is -0.339. The summed E-state index contributed by atoms with van der Waals surface area (Å²) in [4.78, 5) is 7.52. The topological polar surface area (TPSA) is 59.2 Å². The van der Waals surface area contributed by atoms with Gasteiger partial charge in [-0.15, -0.1) is 0 Å². The van der Waals surface area contributed by atoms with Crippen LogP contribution in [0.25, 0.3) is 0 Å². The molecule has 1 aromatic rings. The molecule has 1 aromatic heterocycles. The molecular formula is C14H23N3O2S. The smallest absolute Gasteiger partial charge is 0.169 e. The standard InChI is InChI=1S/C14H23N3O2S/c1-2-5-15-11-3-4-14(18-8-9-19-14)10-12(11)20-13-16-6-7-17-13/h6-7,11-12,15H,2-5,8-10H2,1H3,(H,16,17). The fraction of sp³-hybridized carbons (Fsp3) is 0.786. The highest BCUT2D eigenvalue weighted by Crippen LogP contribution is 2.41. The van der Waals surface area contributed by atoms with Crippen molar-refractivity contribution in [2.75, 3.05) is 19.8 Å². The van der Waals surface area contributed by atoms with Gasteiger partial charge in [0.25, 0.3) is 0 Å². The van der Waals surface area contributed by atoms with E-state index in [1.807, 2.05) is 6.20 Å². The van der Waals surface area contributed by atoms with Crippen LogP contribution in [0.1, 0.15) is 32.6 Å². The Morgan fingerprint density at radius 2 is 2.35 bits per heavy atom. The van der Waals surface area contributed by atoms with Crippen molar-refractivity contribution in [2.45, 2.75) is 54.8 Å². The highest BCUT2D eigenvalue weighted by molar-refractivity contribution is 7.99. The van der Waals surface area contributed by atoms with Crippen molar-refractivity contribution in [2.24, 2.45) is 0 Å². The van der Waals surface area contributed by atoms with E-state index in [2.05, 4.69) is 22.2 Å². The van der Waals surface area contributed by atoms with Crippen molar-refractivity contribution in [3.8, 4) is 0 Å². The first-order valence-corrected chi connectivity index (χ1v) is 8.37. The summed E-state index contributed by atoms with van der Waals surface area (Å²) in [5.74, 6) is -0.339. The quantitative estimate of drug-likeness (QED) is 0.872. The molecule has 2 heterocycles. The lowest BCUT2D eigenvalue weighted by Gasteiger charge is -2.40. The second-order valence-electron chi connectivity index (χ2n) is 5.46. The van der Waals surface area contributed by atoms with Crippen LogP contribution in [0.5, 0.6) is 0 Å². The van der Waals surface area contributed by atoms with E-state index < -0.39 is 0 Å². The van der Waals surface area contributed by atoms with E-state index in [9.17, 15) is 0 Å². The molecule has 0 aromatic carbocycles. The van der Waals surface area contributed by atoms with Crippen LogP contribution in [-0.2, 0) is 9.47 Å². The molecule has 2 unspecified atom stereocenters. The van der Waals surface area contributed by atoms with Crippen LogP contribution in [0.3, 0.4) is 0 Å². The molecule has 1 spiro atoms. The molecule has 1 saturated heterocycles. The fourth-order valence-corrected chi connectivity index (χ4v) is 4.30. The predicted octanol–water partition coefficient (Wildman–Crippen LogP) is 2.17. The van der Waals surface area contributed by atoms with Gasteiger partial charge in [0.1, 0.15) is 0 Å². The molecule has 112 valence electrons. The first-order chi connectivity index (χ1) is 9.81. The SMILES string of the molecule is CCCNC1CCC2(CC1Sc1ncc[nH]1)OCCO2. The molecule has 0 radical (unpaired) electrons. The summed E-state index contributed by atoms with van der Waals surface area (Å²) in [6, 6.07) is 0.503. The zero-order chi connectivity index (χ0) is 13.8.